The molecule has 0 unspecified atom stereocenters. The summed E-state index contributed by atoms with van der Waals surface area (Å²) in [4.78, 5) is 2.16. The summed E-state index contributed by atoms with van der Waals surface area (Å²) < 4.78 is 47.0. The minimum absolute atomic E-state index is 0.450. The van der Waals surface area contributed by atoms with Gasteiger partial charge in [-0.05, 0) is 0 Å². The van der Waals surface area contributed by atoms with Crippen LogP contribution in [0.15, 0.2) is 0 Å². The van der Waals surface area contributed by atoms with Crippen LogP contribution >= 0.6 is 0 Å². The molecule has 11 heavy (non-hydrogen) atoms. The lowest BCUT2D eigenvalue weighted by molar-refractivity contribution is -0.456. The summed E-state index contributed by atoms with van der Waals surface area (Å²) in [5.74, 6) is -4.47. The third-order valence-corrected chi connectivity index (χ3v) is 0.693. The van der Waals surface area contributed by atoms with Gasteiger partial charge in [0.2, 0.25) is 0 Å². The Balaban J connectivity index is 4.62. The molecule has 0 saturated carbocycles. The number of hydrogen-bond donors (Lipinski definition) is 2. The highest BCUT2D eigenvalue weighted by Gasteiger charge is 2.58. The van der Waals surface area contributed by atoms with Crippen molar-refractivity contribution in [3.05, 3.63) is 0 Å². The minimum Gasteiger partial charge on any atom is -0.462 e. The van der Waals surface area contributed by atoms with Crippen molar-refractivity contribution in [1.29, 1.82) is 0 Å². The van der Waals surface area contributed by atoms with E-state index < -0.39 is 12.0 Å². The van der Waals surface area contributed by atoms with Gasteiger partial charge in [-0.2, -0.15) is 22.4 Å². The van der Waals surface area contributed by atoms with Crippen LogP contribution in [0, 0.1) is 12.0 Å². The predicted molar refractivity (Wildman–Crippen MR) is 23.3 cm³/mol. The van der Waals surface area contributed by atoms with Crippen LogP contribution in [-0.2, 0) is 4.89 Å². The molecule has 0 fully saturated rings. The third-order valence-electron chi connectivity index (χ3n) is 0.693. The molecule has 0 aliphatic carbocycles. The number of halogens is 4. The van der Waals surface area contributed by atoms with Crippen LogP contribution in [0.2, 0.25) is 0 Å². The molecule has 0 aromatic heterocycles. The fourth-order valence-corrected chi connectivity index (χ4v) is 0.200. The first-order chi connectivity index (χ1) is 4.87. The number of aliphatic hydroxyl groups is 1. The summed E-state index contributed by atoms with van der Waals surface area (Å²) in [6, 6.07) is 0. The summed E-state index contributed by atoms with van der Waals surface area (Å²) in [5.41, 5.74) is 0. The molecule has 0 heterocycles. The Morgan fingerprint density at radius 2 is 1.64 bits per heavy atom. The van der Waals surface area contributed by atoms with Gasteiger partial charge >= 0.3 is 12.0 Å². The van der Waals surface area contributed by atoms with Crippen molar-refractivity contribution in [1.82, 2.24) is 0 Å². The Kier molecular flexibility index (Phi) is 2.67. The maximum Gasteiger partial charge on any atom is 0.457 e. The van der Waals surface area contributed by atoms with Gasteiger partial charge in [0.15, 0.2) is 0 Å². The number of hydrogen-bond acceptors (Lipinski definition) is 3. The van der Waals surface area contributed by atoms with E-state index in [0.717, 1.165) is 0 Å². The SMILES string of the molecule is OC#CC(F)(F)C(F)(F)OO. The average molecular weight is 174 g/mol. The zero-order valence-corrected chi connectivity index (χ0v) is 4.81. The second kappa shape index (κ2) is 2.94. The second-order valence-electron chi connectivity index (χ2n) is 1.42. The number of aliphatic hydroxyl groups excluding tert-OH is 1. The van der Waals surface area contributed by atoms with Crippen LogP contribution < -0.4 is 0 Å². The first-order valence-electron chi connectivity index (χ1n) is 2.12. The summed E-state index contributed by atoms with van der Waals surface area (Å²) in [6.45, 7) is 0. The molecule has 0 rings (SSSR count). The van der Waals surface area contributed by atoms with Crippen molar-refractivity contribution in [2.24, 2.45) is 0 Å². The highest BCUT2D eigenvalue weighted by atomic mass is 19.3. The van der Waals surface area contributed by atoms with E-state index in [-0.39, 0.29) is 0 Å². The second-order valence-corrected chi connectivity index (χ2v) is 1.42. The smallest absolute Gasteiger partial charge is 0.457 e. The topological polar surface area (TPSA) is 49.7 Å². The summed E-state index contributed by atoms with van der Waals surface area (Å²) in [6.07, 6.45) is -4.54. The van der Waals surface area contributed by atoms with Crippen LogP contribution in [-0.4, -0.2) is 22.4 Å². The Labute approximate surface area is 58.1 Å². The van der Waals surface area contributed by atoms with E-state index in [4.69, 9.17) is 10.4 Å². The molecule has 0 aromatic carbocycles. The van der Waals surface area contributed by atoms with Gasteiger partial charge in [-0.25, -0.2) is 5.26 Å². The van der Waals surface area contributed by atoms with E-state index in [1.54, 1.807) is 0 Å². The molecule has 3 nitrogen and oxygen atoms in total. The molecule has 0 saturated heterocycles. The standard InChI is InChI=1S/C4H2F4O3/c5-3(6,1-2-9)4(7,8)11-10/h9-10H. The van der Waals surface area contributed by atoms with E-state index in [9.17, 15) is 17.6 Å². The first kappa shape index (κ1) is 10.0. The molecule has 0 radical (unpaired) electrons. The predicted octanol–water partition coefficient (Wildman–Crippen LogP) is 1.04. The van der Waals surface area contributed by atoms with Crippen molar-refractivity contribution >= 4 is 0 Å². The van der Waals surface area contributed by atoms with E-state index in [0.29, 0.717) is 12.0 Å². The Morgan fingerprint density at radius 1 is 1.18 bits per heavy atom. The maximum atomic E-state index is 11.8. The first-order valence-corrected chi connectivity index (χ1v) is 2.12. The van der Waals surface area contributed by atoms with Crippen molar-refractivity contribution < 1.29 is 32.8 Å². The quantitative estimate of drug-likeness (QED) is 0.284. The molecular formula is C4H2F4O3. The molecule has 7 heteroatoms. The van der Waals surface area contributed by atoms with E-state index in [2.05, 4.69) is 4.89 Å². The van der Waals surface area contributed by atoms with Gasteiger partial charge in [-0.1, -0.05) is 0 Å². The molecule has 0 spiro atoms. The molecule has 0 aromatic rings. The highest BCUT2D eigenvalue weighted by Crippen LogP contribution is 2.33. The Hall–Kier alpha value is -1.00. The Bertz CT molecular complexity index is 191. The molecule has 0 aliphatic rings. The van der Waals surface area contributed by atoms with Gasteiger partial charge in [0.05, 0.1) is 0 Å². The van der Waals surface area contributed by atoms with Crippen LogP contribution in [0.5, 0.6) is 0 Å². The molecule has 0 amide bonds. The third kappa shape index (κ3) is 1.96. The van der Waals surface area contributed by atoms with Crippen molar-refractivity contribution in [2.75, 3.05) is 0 Å². The van der Waals surface area contributed by atoms with Crippen LogP contribution in [0.1, 0.15) is 0 Å². The minimum atomic E-state index is -5.12. The van der Waals surface area contributed by atoms with Crippen molar-refractivity contribution in [3.63, 3.8) is 0 Å². The van der Waals surface area contributed by atoms with Crippen molar-refractivity contribution in [3.8, 4) is 12.0 Å². The van der Waals surface area contributed by atoms with Crippen LogP contribution in [0.4, 0.5) is 17.6 Å². The van der Waals surface area contributed by atoms with Gasteiger partial charge < -0.3 is 5.11 Å². The molecule has 64 valence electrons. The van der Waals surface area contributed by atoms with Gasteiger partial charge in [0.1, 0.15) is 6.11 Å². The highest BCUT2D eigenvalue weighted by molar-refractivity contribution is 5.08. The average Bonchev–Trinajstić information content (AvgIpc) is 1.87. The zero-order chi connectivity index (χ0) is 9.12. The van der Waals surface area contributed by atoms with E-state index >= 15 is 0 Å². The fraction of sp³-hybridized carbons (Fsp3) is 0.500. The summed E-state index contributed by atoms with van der Waals surface area (Å²) in [5, 5.41) is 14.8. The van der Waals surface area contributed by atoms with E-state index in [1.165, 1.54) is 0 Å². The lowest BCUT2D eigenvalue weighted by Gasteiger charge is -2.16. The van der Waals surface area contributed by atoms with Crippen LogP contribution in [0.25, 0.3) is 0 Å². The lowest BCUT2D eigenvalue weighted by Crippen LogP contribution is -2.40. The summed E-state index contributed by atoms with van der Waals surface area (Å²) >= 11 is 0. The molecule has 0 aliphatic heterocycles. The number of rotatable bonds is 2. The maximum absolute atomic E-state index is 11.8. The molecule has 0 atom stereocenters. The van der Waals surface area contributed by atoms with Gasteiger partial charge in [0, 0.05) is 5.92 Å². The zero-order valence-electron chi connectivity index (χ0n) is 4.81. The van der Waals surface area contributed by atoms with E-state index in [1.807, 2.05) is 0 Å². The van der Waals surface area contributed by atoms with Gasteiger partial charge in [-0.3, -0.25) is 0 Å². The van der Waals surface area contributed by atoms with Crippen molar-refractivity contribution in [2.45, 2.75) is 12.0 Å². The normalized spacial score (nSPS) is 12.1. The fourth-order valence-electron chi connectivity index (χ4n) is 0.200. The molecule has 0 bridgehead atoms. The van der Waals surface area contributed by atoms with Gasteiger partial charge in [0.25, 0.3) is 0 Å². The largest absolute Gasteiger partial charge is 0.462 e. The summed E-state index contributed by atoms with van der Waals surface area (Å²) in [7, 11) is 0. The monoisotopic (exact) mass is 174 g/mol. The Morgan fingerprint density at radius 3 is 1.91 bits per heavy atom. The lowest BCUT2D eigenvalue weighted by atomic mass is 10.3. The van der Waals surface area contributed by atoms with Crippen LogP contribution in [0.3, 0.4) is 0 Å². The van der Waals surface area contributed by atoms with Gasteiger partial charge in [-0.15, -0.1) is 0 Å². The number of alkyl halides is 4. The molecular weight excluding hydrogens is 172 g/mol. The molecule has 2 N–H and O–H groups in total.